The lowest BCUT2D eigenvalue weighted by Crippen LogP contribution is -2.09. The summed E-state index contributed by atoms with van der Waals surface area (Å²) in [5, 5.41) is 28.0. The minimum atomic E-state index is -2.92. The number of halogens is 2. The molecule has 0 radical (unpaired) electrons. The van der Waals surface area contributed by atoms with Crippen LogP contribution in [0.4, 0.5) is 8.78 Å². The van der Waals surface area contributed by atoms with E-state index in [1.165, 1.54) is 24.3 Å². The number of pyridine rings is 1. The molecule has 1 fully saturated rings. The van der Waals surface area contributed by atoms with Crippen LogP contribution in [0, 0.1) is 5.41 Å². The van der Waals surface area contributed by atoms with Gasteiger partial charge in [-0.3, -0.25) is 5.41 Å². The van der Waals surface area contributed by atoms with Crippen LogP contribution in [0.3, 0.4) is 0 Å². The van der Waals surface area contributed by atoms with Gasteiger partial charge in [0.25, 0.3) is 0 Å². The molecule has 0 aliphatic heterocycles. The highest BCUT2D eigenvalue weighted by Crippen LogP contribution is 2.41. The zero-order chi connectivity index (χ0) is 17.3. The van der Waals surface area contributed by atoms with Crippen molar-refractivity contribution in [3.8, 4) is 11.6 Å². The lowest BCUT2D eigenvalue weighted by Gasteiger charge is -2.13. The number of aliphatic hydroxyl groups excluding tert-OH is 1. The number of hydrogen-bond acceptors (Lipinski definition) is 5. The Morgan fingerprint density at radius 3 is 2.50 bits per heavy atom. The first kappa shape index (κ1) is 16.3. The van der Waals surface area contributed by atoms with E-state index in [2.05, 4.69) is 9.72 Å². The SMILES string of the molecule is N=C(c1ccc(OC(F)F)cc1)c1c(CO)cc(C2CC2)nc1O. The first-order valence-electron chi connectivity index (χ1n) is 7.47. The minimum Gasteiger partial charge on any atom is -0.493 e. The predicted molar refractivity (Wildman–Crippen MR) is 82.8 cm³/mol. The van der Waals surface area contributed by atoms with E-state index in [4.69, 9.17) is 5.41 Å². The second-order valence-electron chi connectivity index (χ2n) is 5.62. The maximum Gasteiger partial charge on any atom is 0.387 e. The van der Waals surface area contributed by atoms with E-state index in [-0.39, 0.29) is 29.5 Å². The number of ether oxygens (including phenoxy) is 1. The zero-order valence-corrected chi connectivity index (χ0v) is 12.7. The van der Waals surface area contributed by atoms with Gasteiger partial charge in [0.05, 0.1) is 17.9 Å². The fourth-order valence-corrected chi connectivity index (χ4v) is 2.54. The van der Waals surface area contributed by atoms with Gasteiger partial charge < -0.3 is 14.9 Å². The maximum absolute atomic E-state index is 12.2. The summed E-state index contributed by atoms with van der Waals surface area (Å²) >= 11 is 0. The molecule has 5 nitrogen and oxygen atoms in total. The number of benzene rings is 1. The van der Waals surface area contributed by atoms with Crippen molar-refractivity contribution in [2.24, 2.45) is 0 Å². The number of rotatable bonds is 6. The highest BCUT2D eigenvalue weighted by molar-refractivity contribution is 6.13. The number of aliphatic hydroxyl groups is 1. The zero-order valence-electron chi connectivity index (χ0n) is 12.7. The van der Waals surface area contributed by atoms with Crippen LogP contribution in [-0.4, -0.2) is 27.5 Å². The molecule has 1 aliphatic carbocycles. The first-order chi connectivity index (χ1) is 11.5. The molecule has 3 rings (SSSR count). The average Bonchev–Trinajstić information content (AvgIpc) is 3.38. The van der Waals surface area contributed by atoms with E-state index in [0.29, 0.717) is 22.7 Å². The van der Waals surface area contributed by atoms with Gasteiger partial charge in [-0.15, -0.1) is 0 Å². The second kappa shape index (κ2) is 6.52. The molecule has 1 heterocycles. The Balaban J connectivity index is 1.91. The molecule has 0 amide bonds. The van der Waals surface area contributed by atoms with Gasteiger partial charge in [0.2, 0.25) is 5.88 Å². The van der Waals surface area contributed by atoms with Crippen LogP contribution in [0.1, 0.15) is 41.1 Å². The smallest absolute Gasteiger partial charge is 0.387 e. The largest absolute Gasteiger partial charge is 0.493 e. The Morgan fingerprint density at radius 2 is 1.96 bits per heavy atom. The molecule has 126 valence electrons. The van der Waals surface area contributed by atoms with Gasteiger partial charge in [0.15, 0.2) is 0 Å². The topological polar surface area (TPSA) is 86.4 Å². The fraction of sp³-hybridized carbons (Fsp3) is 0.294. The molecule has 1 aliphatic rings. The van der Waals surface area contributed by atoms with Crippen molar-refractivity contribution in [2.45, 2.75) is 32.0 Å². The Bertz CT molecular complexity index is 759. The van der Waals surface area contributed by atoms with E-state index < -0.39 is 6.61 Å². The Kier molecular flexibility index (Phi) is 4.44. The summed E-state index contributed by atoms with van der Waals surface area (Å²) in [4.78, 5) is 4.13. The molecular formula is C17H16F2N2O3. The summed E-state index contributed by atoms with van der Waals surface area (Å²) in [5.74, 6) is -0.0214. The summed E-state index contributed by atoms with van der Waals surface area (Å²) in [6, 6.07) is 7.22. The van der Waals surface area contributed by atoms with Crippen LogP contribution < -0.4 is 4.74 Å². The third kappa shape index (κ3) is 3.35. The van der Waals surface area contributed by atoms with E-state index in [1.54, 1.807) is 6.07 Å². The summed E-state index contributed by atoms with van der Waals surface area (Å²) in [5.41, 5.74) is 1.62. The quantitative estimate of drug-likeness (QED) is 0.708. The molecule has 0 unspecified atom stereocenters. The van der Waals surface area contributed by atoms with Crippen molar-refractivity contribution in [1.29, 1.82) is 5.41 Å². The molecular weight excluding hydrogens is 318 g/mol. The van der Waals surface area contributed by atoms with Gasteiger partial charge in [-0.1, -0.05) is 0 Å². The summed E-state index contributed by atoms with van der Waals surface area (Å²) < 4.78 is 28.6. The van der Waals surface area contributed by atoms with Gasteiger partial charge in [-0.2, -0.15) is 8.78 Å². The van der Waals surface area contributed by atoms with Gasteiger partial charge in [-0.05, 0) is 48.7 Å². The Labute approximate surface area is 137 Å². The molecule has 1 aromatic carbocycles. The van der Waals surface area contributed by atoms with Gasteiger partial charge in [0.1, 0.15) is 5.75 Å². The fourth-order valence-electron chi connectivity index (χ4n) is 2.54. The normalized spacial score (nSPS) is 14.0. The molecule has 1 saturated carbocycles. The van der Waals surface area contributed by atoms with Gasteiger partial charge in [-0.25, -0.2) is 4.98 Å². The van der Waals surface area contributed by atoms with E-state index in [9.17, 15) is 19.0 Å². The summed E-state index contributed by atoms with van der Waals surface area (Å²) in [6.45, 7) is -3.25. The molecule has 0 atom stereocenters. The van der Waals surface area contributed by atoms with Crippen molar-refractivity contribution in [2.75, 3.05) is 0 Å². The van der Waals surface area contributed by atoms with Crippen LogP contribution in [-0.2, 0) is 6.61 Å². The van der Waals surface area contributed by atoms with Crippen LogP contribution in [0.15, 0.2) is 30.3 Å². The molecule has 0 spiro atoms. The number of alkyl halides is 2. The molecule has 0 bridgehead atoms. The van der Waals surface area contributed by atoms with Gasteiger partial charge in [0, 0.05) is 17.2 Å². The van der Waals surface area contributed by atoms with Crippen molar-refractivity contribution in [3.05, 3.63) is 52.7 Å². The standard InChI is InChI=1S/C17H16F2N2O3/c18-17(19)24-12-5-3-10(4-6-12)15(20)14-11(8-22)7-13(9-1-2-9)21-16(14)23/h3-7,9,17,20,22H,1-2,8H2,(H,21,23). The van der Waals surface area contributed by atoms with Crippen molar-refractivity contribution in [3.63, 3.8) is 0 Å². The Hall–Kier alpha value is -2.54. The van der Waals surface area contributed by atoms with Crippen molar-refractivity contribution < 1.29 is 23.7 Å². The van der Waals surface area contributed by atoms with Crippen LogP contribution >= 0.6 is 0 Å². The third-order valence-corrected chi connectivity index (χ3v) is 3.89. The molecule has 7 heteroatoms. The van der Waals surface area contributed by atoms with E-state index in [1.807, 2.05) is 0 Å². The van der Waals surface area contributed by atoms with Crippen molar-refractivity contribution in [1.82, 2.24) is 4.98 Å². The number of aromatic nitrogens is 1. The van der Waals surface area contributed by atoms with Gasteiger partial charge >= 0.3 is 6.61 Å². The lowest BCUT2D eigenvalue weighted by molar-refractivity contribution is -0.0498. The highest BCUT2D eigenvalue weighted by atomic mass is 19.3. The molecule has 24 heavy (non-hydrogen) atoms. The second-order valence-corrected chi connectivity index (χ2v) is 5.62. The Morgan fingerprint density at radius 1 is 1.29 bits per heavy atom. The number of aromatic hydroxyl groups is 1. The van der Waals surface area contributed by atoms with E-state index in [0.717, 1.165) is 12.8 Å². The number of nitrogens with zero attached hydrogens (tertiary/aromatic N) is 1. The first-order valence-corrected chi connectivity index (χ1v) is 7.47. The number of nitrogens with one attached hydrogen (secondary N) is 1. The molecule has 3 N–H and O–H groups in total. The lowest BCUT2D eigenvalue weighted by atomic mass is 9.98. The molecule has 2 aromatic rings. The molecule has 1 aromatic heterocycles. The minimum absolute atomic E-state index is 0.0182. The van der Waals surface area contributed by atoms with Crippen molar-refractivity contribution >= 4 is 5.71 Å². The average molecular weight is 334 g/mol. The highest BCUT2D eigenvalue weighted by Gasteiger charge is 2.28. The third-order valence-electron chi connectivity index (χ3n) is 3.89. The maximum atomic E-state index is 12.2. The number of hydrogen-bond donors (Lipinski definition) is 3. The summed E-state index contributed by atoms with van der Waals surface area (Å²) in [7, 11) is 0. The summed E-state index contributed by atoms with van der Waals surface area (Å²) in [6.07, 6.45) is 2.00. The predicted octanol–water partition coefficient (Wildman–Crippen LogP) is 3.17. The van der Waals surface area contributed by atoms with Crippen LogP contribution in [0.2, 0.25) is 0 Å². The van der Waals surface area contributed by atoms with Crippen LogP contribution in [0.5, 0.6) is 11.6 Å². The van der Waals surface area contributed by atoms with Crippen LogP contribution in [0.25, 0.3) is 0 Å². The van der Waals surface area contributed by atoms with E-state index >= 15 is 0 Å². The molecule has 0 saturated heterocycles. The monoisotopic (exact) mass is 334 g/mol.